The summed E-state index contributed by atoms with van der Waals surface area (Å²) in [7, 11) is 0. The fourth-order valence-corrected chi connectivity index (χ4v) is 1.72. The molecule has 9 heteroatoms. The number of allylic oxidation sites excluding steroid dienone is 3. The van der Waals surface area contributed by atoms with Crippen molar-refractivity contribution in [2.24, 2.45) is 5.18 Å². The molecule has 1 aromatic heterocycles. The molecule has 1 N–H and O–H groups in total. The Bertz CT molecular complexity index is 615. The molecule has 0 saturated heterocycles. The standard InChI is InChI=1S/C14H14N4O3.2ClH/c15-14(19)12-4-7-17(8-5-12)10-21-11-18-6-2-1-3-13(18)9-16-20;;/h1-9H,10-11H2,(H-,15,19);2*1H/b13-9+;;. The molecule has 0 aliphatic carbocycles. The van der Waals surface area contributed by atoms with Crippen LogP contribution in [0.1, 0.15) is 5.56 Å². The highest BCUT2D eigenvalue weighted by molar-refractivity contribution is 5.87. The van der Waals surface area contributed by atoms with Gasteiger partial charge in [-0.05, 0) is 28.8 Å². The fourth-order valence-electron chi connectivity index (χ4n) is 1.72. The van der Waals surface area contributed by atoms with Gasteiger partial charge in [-0.25, -0.2) is 0 Å². The van der Waals surface area contributed by atoms with E-state index in [1.807, 2.05) is 6.08 Å². The van der Waals surface area contributed by atoms with Crippen molar-refractivity contribution in [3.63, 3.8) is 0 Å². The van der Waals surface area contributed by atoms with Gasteiger partial charge < -0.3 is 20.2 Å². The SMILES string of the molecule is Cl.Cl.N=C([O-])c1cc[n+](COCN2C=CC=C/C2=C\N=O)cc1. The van der Waals surface area contributed by atoms with Crippen molar-refractivity contribution < 1.29 is 14.4 Å². The van der Waals surface area contributed by atoms with Crippen LogP contribution in [-0.4, -0.2) is 17.5 Å². The van der Waals surface area contributed by atoms with Crippen LogP contribution in [0, 0.1) is 10.3 Å². The molecule has 0 saturated carbocycles. The zero-order chi connectivity index (χ0) is 15.1. The molecule has 124 valence electrons. The number of rotatable bonds is 6. The number of pyridine rings is 1. The minimum atomic E-state index is -0.718. The molecule has 1 aliphatic rings. The summed E-state index contributed by atoms with van der Waals surface area (Å²) in [4.78, 5) is 12.0. The smallest absolute Gasteiger partial charge is 0.254 e. The minimum Gasteiger partial charge on any atom is -0.859 e. The quantitative estimate of drug-likeness (QED) is 0.360. The highest BCUT2D eigenvalue weighted by atomic mass is 35.5. The number of aromatic nitrogens is 1. The van der Waals surface area contributed by atoms with Crippen LogP contribution in [-0.2, 0) is 11.5 Å². The van der Waals surface area contributed by atoms with Gasteiger partial charge in [0, 0.05) is 18.3 Å². The van der Waals surface area contributed by atoms with Crippen LogP contribution < -0.4 is 9.67 Å². The topological polar surface area (TPSA) is 92.7 Å². The number of ether oxygens (including phenoxy) is 1. The van der Waals surface area contributed by atoms with E-state index in [-0.39, 0.29) is 38.3 Å². The second-order valence-corrected chi connectivity index (χ2v) is 4.22. The molecule has 1 aromatic rings. The van der Waals surface area contributed by atoms with Crippen LogP contribution in [0.4, 0.5) is 0 Å². The van der Waals surface area contributed by atoms with Gasteiger partial charge in [0.25, 0.3) is 6.73 Å². The zero-order valence-corrected chi connectivity index (χ0v) is 13.6. The molecule has 23 heavy (non-hydrogen) atoms. The lowest BCUT2D eigenvalue weighted by atomic mass is 10.3. The minimum absolute atomic E-state index is 0. The second-order valence-electron chi connectivity index (χ2n) is 4.22. The van der Waals surface area contributed by atoms with Gasteiger partial charge in [-0.1, -0.05) is 6.08 Å². The van der Waals surface area contributed by atoms with Crippen LogP contribution in [0.5, 0.6) is 0 Å². The normalized spacial score (nSPS) is 14.1. The fraction of sp³-hybridized carbons (Fsp3) is 0.143. The highest BCUT2D eigenvalue weighted by Gasteiger charge is 2.08. The van der Waals surface area contributed by atoms with Crippen molar-refractivity contribution in [2.45, 2.75) is 6.73 Å². The maximum atomic E-state index is 10.8. The summed E-state index contributed by atoms with van der Waals surface area (Å²) in [5.74, 6) is -0.718. The average Bonchev–Trinajstić information content (AvgIpc) is 2.50. The summed E-state index contributed by atoms with van der Waals surface area (Å²) in [6.45, 7) is 0.538. The first-order valence-electron chi connectivity index (χ1n) is 6.17. The number of nitrogens with zero attached hydrogens (tertiary/aromatic N) is 3. The van der Waals surface area contributed by atoms with Gasteiger partial charge in [-0.15, -0.1) is 29.7 Å². The number of halogens is 2. The van der Waals surface area contributed by atoms with Crippen molar-refractivity contribution in [1.29, 1.82) is 5.41 Å². The third kappa shape index (κ3) is 6.19. The van der Waals surface area contributed by atoms with Gasteiger partial charge in [-0.2, -0.15) is 4.57 Å². The van der Waals surface area contributed by atoms with Crippen molar-refractivity contribution >= 4 is 30.7 Å². The van der Waals surface area contributed by atoms with E-state index in [1.54, 1.807) is 52.3 Å². The summed E-state index contributed by atoms with van der Waals surface area (Å²) in [6, 6.07) is 3.12. The molecule has 2 rings (SSSR count). The predicted octanol–water partition coefficient (Wildman–Crippen LogP) is 1.43. The van der Waals surface area contributed by atoms with Crippen molar-refractivity contribution in [3.8, 4) is 0 Å². The van der Waals surface area contributed by atoms with E-state index < -0.39 is 5.90 Å². The Morgan fingerprint density at radius 3 is 2.65 bits per heavy atom. The molecule has 0 atom stereocenters. The van der Waals surface area contributed by atoms with E-state index >= 15 is 0 Å². The number of nitrogens with one attached hydrogen (secondary N) is 1. The van der Waals surface area contributed by atoms with E-state index in [4.69, 9.17) is 10.1 Å². The Kier molecular flexibility index (Phi) is 9.48. The van der Waals surface area contributed by atoms with Gasteiger partial charge in [0.05, 0.1) is 11.9 Å². The Balaban J connectivity index is 0.00000242. The largest absolute Gasteiger partial charge is 0.859 e. The van der Waals surface area contributed by atoms with Crippen LogP contribution in [0.15, 0.2) is 66.0 Å². The van der Waals surface area contributed by atoms with Crippen LogP contribution in [0.2, 0.25) is 0 Å². The lowest BCUT2D eigenvalue weighted by Crippen LogP contribution is -2.36. The summed E-state index contributed by atoms with van der Waals surface area (Å²) in [6.07, 6.45) is 11.7. The maximum absolute atomic E-state index is 10.8. The molecular weight excluding hydrogens is 343 g/mol. The van der Waals surface area contributed by atoms with Crippen molar-refractivity contribution in [2.75, 3.05) is 6.73 Å². The van der Waals surface area contributed by atoms with E-state index in [9.17, 15) is 10.0 Å². The molecule has 1 aliphatic heterocycles. The monoisotopic (exact) mass is 358 g/mol. The molecule has 0 fully saturated rings. The van der Waals surface area contributed by atoms with Crippen molar-refractivity contribution in [3.05, 3.63) is 71.3 Å². The Labute approximate surface area is 145 Å². The molecule has 0 unspecified atom stereocenters. The molecule has 0 amide bonds. The van der Waals surface area contributed by atoms with E-state index in [2.05, 4.69) is 5.18 Å². The summed E-state index contributed by atoms with van der Waals surface area (Å²) < 4.78 is 7.26. The lowest BCUT2D eigenvalue weighted by molar-refractivity contribution is -0.733. The number of nitroso groups, excluding NO2 is 1. The van der Waals surface area contributed by atoms with E-state index in [1.165, 1.54) is 6.20 Å². The summed E-state index contributed by atoms with van der Waals surface area (Å²) in [5, 5.41) is 20.6. The van der Waals surface area contributed by atoms with E-state index in [0.29, 0.717) is 11.3 Å². The van der Waals surface area contributed by atoms with Gasteiger partial charge in [-0.3, -0.25) is 0 Å². The van der Waals surface area contributed by atoms with Gasteiger partial charge in [0.15, 0.2) is 12.4 Å². The third-order valence-corrected chi connectivity index (χ3v) is 2.78. The molecular formula is C14H16Cl2N4O3. The Morgan fingerprint density at radius 1 is 1.35 bits per heavy atom. The van der Waals surface area contributed by atoms with E-state index in [0.717, 1.165) is 0 Å². The van der Waals surface area contributed by atoms with Gasteiger partial charge >= 0.3 is 0 Å². The lowest BCUT2D eigenvalue weighted by Gasteiger charge is -2.21. The highest BCUT2D eigenvalue weighted by Crippen LogP contribution is 2.12. The third-order valence-electron chi connectivity index (χ3n) is 2.78. The Morgan fingerprint density at radius 2 is 2.04 bits per heavy atom. The first kappa shape index (κ1) is 20.8. The first-order valence-corrected chi connectivity index (χ1v) is 6.17. The number of hydrogen-bond donors (Lipinski definition) is 1. The van der Waals surface area contributed by atoms with Crippen LogP contribution in [0.3, 0.4) is 0 Å². The van der Waals surface area contributed by atoms with Crippen LogP contribution >= 0.6 is 24.8 Å². The van der Waals surface area contributed by atoms with Gasteiger partial charge in [0.2, 0.25) is 0 Å². The molecule has 0 aromatic carbocycles. The summed E-state index contributed by atoms with van der Waals surface area (Å²) >= 11 is 0. The molecule has 0 bridgehead atoms. The first-order chi connectivity index (χ1) is 10.2. The van der Waals surface area contributed by atoms with Crippen LogP contribution in [0.25, 0.3) is 0 Å². The number of hydrogen-bond acceptors (Lipinski definition) is 6. The Hall–Kier alpha value is -2.22. The van der Waals surface area contributed by atoms with Gasteiger partial charge in [0.1, 0.15) is 6.73 Å². The zero-order valence-electron chi connectivity index (χ0n) is 12.0. The molecule has 0 spiro atoms. The molecule has 7 nitrogen and oxygen atoms in total. The average molecular weight is 359 g/mol. The predicted molar refractivity (Wildman–Crippen MR) is 87.9 cm³/mol. The van der Waals surface area contributed by atoms with Crippen molar-refractivity contribution in [1.82, 2.24) is 4.90 Å². The maximum Gasteiger partial charge on any atom is 0.254 e. The summed E-state index contributed by atoms with van der Waals surface area (Å²) in [5.41, 5.74) is 0.977. The molecule has 0 radical (unpaired) electrons. The molecule has 2 heterocycles. The second kappa shape index (κ2) is 10.5.